The number of pyridine rings is 1. The Labute approximate surface area is 197 Å². The van der Waals surface area contributed by atoms with Crippen molar-refractivity contribution in [2.75, 3.05) is 0 Å². The quantitative estimate of drug-likeness (QED) is 0.306. The van der Waals surface area contributed by atoms with Crippen LogP contribution < -0.4 is 11.1 Å². The number of guanidine groups is 1. The molecule has 33 heavy (non-hydrogen) atoms. The maximum Gasteiger partial charge on any atom is 0.285 e. The van der Waals surface area contributed by atoms with Gasteiger partial charge in [0.05, 0.1) is 10.6 Å². The molecular weight excluding hydrogens is 456 g/mol. The summed E-state index contributed by atoms with van der Waals surface area (Å²) >= 11 is 6.04. The lowest BCUT2D eigenvalue weighted by Gasteiger charge is -2.13. The molecule has 8 heteroatoms. The molecule has 3 N–H and O–H groups in total. The van der Waals surface area contributed by atoms with Crippen LogP contribution in [0, 0.1) is 0 Å². The van der Waals surface area contributed by atoms with Crippen molar-refractivity contribution in [3.63, 3.8) is 0 Å². The minimum Gasteiger partial charge on any atom is -0.369 e. The van der Waals surface area contributed by atoms with Gasteiger partial charge in [0.1, 0.15) is 0 Å². The molecule has 0 aliphatic carbocycles. The first-order valence-electron chi connectivity index (χ1n) is 10.1. The first-order chi connectivity index (χ1) is 15.9. The predicted molar refractivity (Wildman–Crippen MR) is 132 cm³/mol. The van der Waals surface area contributed by atoms with Crippen LogP contribution in [-0.2, 0) is 16.6 Å². The molecule has 1 aromatic heterocycles. The number of hydrogen-bond donors (Lipinski definition) is 2. The minimum atomic E-state index is -3.89. The van der Waals surface area contributed by atoms with E-state index in [0.717, 1.165) is 27.9 Å². The van der Waals surface area contributed by atoms with E-state index in [0.29, 0.717) is 5.02 Å². The monoisotopic (exact) mass is 476 g/mol. The van der Waals surface area contributed by atoms with E-state index in [4.69, 9.17) is 17.3 Å². The summed E-state index contributed by atoms with van der Waals surface area (Å²) in [6.45, 7) is 0.257. The number of aromatic nitrogens is 1. The van der Waals surface area contributed by atoms with Crippen LogP contribution in [0.1, 0.15) is 5.56 Å². The van der Waals surface area contributed by atoms with Gasteiger partial charge >= 0.3 is 0 Å². The van der Waals surface area contributed by atoms with Gasteiger partial charge in [-0.1, -0.05) is 72.3 Å². The first kappa shape index (κ1) is 22.5. The topological polar surface area (TPSA) is 97.4 Å². The van der Waals surface area contributed by atoms with Gasteiger partial charge in [-0.15, -0.1) is 4.40 Å². The van der Waals surface area contributed by atoms with Crippen molar-refractivity contribution in [1.82, 2.24) is 10.3 Å². The maximum atomic E-state index is 12.4. The molecule has 4 rings (SSSR count). The summed E-state index contributed by atoms with van der Waals surface area (Å²) in [5.74, 6) is -0.193. The Morgan fingerprint density at radius 2 is 1.55 bits per heavy atom. The number of nitrogens with two attached hydrogens (primary N) is 1. The molecule has 0 atom stereocenters. The molecule has 0 aliphatic heterocycles. The largest absolute Gasteiger partial charge is 0.369 e. The van der Waals surface area contributed by atoms with E-state index < -0.39 is 10.0 Å². The molecule has 0 saturated heterocycles. The minimum absolute atomic E-state index is 0.0788. The molecule has 0 bridgehead atoms. The normalized spacial score (nSPS) is 11.8. The molecule has 6 nitrogen and oxygen atoms in total. The molecule has 0 fully saturated rings. The first-order valence-corrected chi connectivity index (χ1v) is 11.9. The van der Waals surface area contributed by atoms with E-state index in [-0.39, 0.29) is 17.4 Å². The maximum absolute atomic E-state index is 12.4. The zero-order valence-electron chi connectivity index (χ0n) is 17.5. The van der Waals surface area contributed by atoms with Crippen LogP contribution >= 0.6 is 11.6 Å². The van der Waals surface area contributed by atoms with Gasteiger partial charge in [-0.2, -0.15) is 8.42 Å². The summed E-state index contributed by atoms with van der Waals surface area (Å²) in [6.07, 6.45) is 1.72. The standard InChI is InChI=1S/C25H21ClN4O2S/c26-21-13-11-20(12-14-21)24-23(19-7-3-1-4-8-19)15-18(16-28-24)17-29-25(27)30-33(31,32)22-9-5-2-6-10-22/h1-16H,17H2,(H3,27,29,30). The van der Waals surface area contributed by atoms with Crippen molar-refractivity contribution in [1.29, 1.82) is 0 Å². The van der Waals surface area contributed by atoms with Crippen LogP contribution in [0.4, 0.5) is 0 Å². The lowest BCUT2D eigenvalue weighted by Crippen LogP contribution is -2.32. The molecular formula is C25H21ClN4O2S. The summed E-state index contributed by atoms with van der Waals surface area (Å²) in [7, 11) is -3.89. The van der Waals surface area contributed by atoms with Crippen molar-refractivity contribution in [2.45, 2.75) is 11.4 Å². The van der Waals surface area contributed by atoms with E-state index in [1.54, 1.807) is 24.4 Å². The van der Waals surface area contributed by atoms with Gasteiger partial charge in [0, 0.05) is 28.9 Å². The van der Waals surface area contributed by atoms with Crippen LogP contribution in [0.25, 0.3) is 22.4 Å². The van der Waals surface area contributed by atoms with Gasteiger partial charge in [0.25, 0.3) is 10.0 Å². The van der Waals surface area contributed by atoms with Gasteiger partial charge in [0.2, 0.25) is 5.96 Å². The van der Waals surface area contributed by atoms with E-state index in [2.05, 4.69) is 14.7 Å². The van der Waals surface area contributed by atoms with Crippen LogP contribution in [0.5, 0.6) is 0 Å². The van der Waals surface area contributed by atoms with Gasteiger partial charge in [-0.25, -0.2) is 0 Å². The molecule has 0 saturated carbocycles. The molecule has 3 aromatic carbocycles. The van der Waals surface area contributed by atoms with Crippen molar-refractivity contribution < 1.29 is 8.42 Å². The number of benzene rings is 3. The van der Waals surface area contributed by atoms with Crippen LogP contribution in [0.3, 0.4) is 0 Å². The summed E-state index contributed by atoms with van der Waals surface area (Å²) in [5, 5.41) is 3.52. The fraction of sp³-hybridized carbons (Fsp3) is 0.0400. The third-order valence-electron chi connectivity index (χ3n) is 4.88. The van der Waals surface area contributed by atoms with Gasteiger partial charge in [-0.3, -0.25) is 4.98 Å². The zero-order valence-corrected chi connectivity index (χ0v) is 19.1. The number of nitrogens with zero attached hydrogens (tertiary/aromatic N) is 2. The van der Waals surface area contributed by atoms with Crippen LogP contribution in [0.15, 0.2) is 106 Å². The van der Waals surface area contributed by atoms with Gasteiger partial charge in [-0.05, 0) is 41.5 Å². The zero-order chi connectivity index (χ0) is 23.3. The summed E-state index contributed by atoms with van der Waals surface area (Å²) in [6, 6.07) is 27.3. The molecule has 0 aliphatic rings. The lowest BCUT2D eigenvalue weighted by molar-refractivity contribution is 0.597. The third kappa shape index (κ3) is 5.58. The highest BCUT2D eigenvalue weighted by atomic mass is 35.5. The number of halogens is 1. The number of nitrogens with one attached hydrogen (secondary N) is 1. The predicted octanol–water partition coefficient (Wildman–Crippen LogP) is 4.86. The third-order valence-corrected chi connectivity index (χ3v) is 6.44. The molecule has 1 heterocycles. The summed E-state index contributed by atoms with van der Waals surface area (Å²) in [4.78, 5) is 4.75. The van der Waals surface area contributed by atoms with E-state index in [9.17, 15) is 8.42 Å². The summed E-state index contributed by atoms with van der Waals surface area (Å²) < 4.78 is 28.4. The van der Waals surface area contributed by atoms with E-state index in [1.165, 1.54) is 12.1 Å². The van der Waals surface area contributed by atoms with Crippen LogP contribution in [0.2, 0.25) is 5.02 Å². The second-order valence-electron chi connectivity index (χ2n) is 7.23. The highest BCUT2D eigenvalue weighted by Crippen LogP contribution is 2.31. The van der Waals surface area contributed by atoms with E-state index in [1.807, 2.05) is 60.7 Å². The molecule has 0 radical (unpaired) electrons. The highest BCUT2D eigenvalue weighted by molar-refractivity contribution is 7.90. The Morgan fingerprint density at radius 1 is 0.909 bits per heavy atom. The number of rotatable bonds is 6. The second-order valence-corrected chi connectivity index (χ2v) is 9.27. The lowest BCUT2D eigenvalue weighted by atomic mass is 9.98. The number of sulfonamides is 1. The van der Waals surface area contributed by atoms with E-state index >= 15 is 0 Å². The van der Waals surface area contributed by atoms with Gasteiger partial charge in [0.15, 0.2) is 0 Å². The molecule has 0 unspecified atom stereocenters. The number of hydrogen-bond acceptors (Lipinski definition) is 3. The molecule has 4 aromatic rings. The van der Waals surface area contributed by atoms with Crippen molar-refractivity contribution in [2.24, 2.45) is 10.1 Å². The Balaban J connectivity index is 1.61. The molecule has 166 valence electrons. The van der Waals surface area contributed by atoms with Crippen molar-refractivity contribution in [3.05, 3.63) is 108 Å². The molecule has 0 amide bonds. The van der Waals surface area contributed by atoms with Crippen LogP contribution in [-0.4, -0.2) is 19.4 Å². The highest BCUT2D eigenvalue weighted by Gasteiger charge is 2.14. The second kappa shape index (κ2) is 9.85. The Morgan fingerprint density at radius 3 is 2.21 bits per heavy atom. The average Bonchev–Trinajstić information content (AvgIpc) is 2.84. The Kier molecular flexibility index (Phi) is 6.72. The van der Waals surface area contributed by atoms with Gasteiger partial charge < -0.3 is 11.1 Å². The fourth-order valence-corrected chi connectivity index (χ4v) is 4.34. The average molecular weight is 477 g/mol. The summed E-state index contributed by atoms with van der Waals surface area (Å²) in [5.41, 5.74) is 10.4. The van der Waals surface area contributed by atoms with Crippen molar-refractivity contribution >= 4 is 27.6 Å². The van der Waals surface area contributed by atoms with Crippen molar-refractivity contribution in [3.8, 4) is 22.4 Å². The SMILES string of the molecule is NC(=NS(=O)(=O)c1ccccc1)NCc1cnc(-c2ccc(Cl)cc2)c(-c2ccccc2)c1. The fourth-order valence-electron chi connectivity index (χ4n) is 3.28. The Hall–Kier alpha value is -3.68. The molecule has 0 spiro atoms. The Bertz CT molecular complexity index is 1380. The smallest absolute Gasteiger partial charge is 0.285 e.